The first-order chi connectivity index (χ1) is 19.7. The Morgan fingerprint density at radius 2 is 0.829 bits per heavy atom. The van der Waals surface area contributed by atoms with Crippen LogP contribution in [0.15, 0.2) is 54.6 Å². The van der Waals surface area contributed by atoms with Crippen LogP contribution in [0.1, 0.15) is 34.6 Å². The molecule has 0 bridgehead atoms. The van der Waals surface area contributed by atoms with Crippen LogP contribution in [0.5, 0.6) is 17.2 Å². The maximum absolute atomic E-state index is 11.1. The fourth-order valence-electron chi connectivity index (χ4n) is 4.77. The van der Waals surface area contributed by atoms with E-state index in [9.17, 15) is 15.3 Å². The molecular weight excluding hydrogens is 584 g/mol. The van der Waals surface area contributed by atoms with Crippen LogP contribution in [0.4, 0.5) is 17.1 Å². The summed E-state index contributed by atoms with van der Waals surface area (Å²) in [6, 6.07) is 16.0. The third-order valence-electron chi connectivity index (χ3n) is 7.12. The van der Waals surface area contributed by atoms with E-state index in [1.165, 1.54) is 0 Å². The van der Waals surface area contributed by atoms with Crippen molar-refractivity contribution in [3.05, 3.63) is 54.6 Å². The molecule has 0 saturated heterocycles. The second-order valence-electron chi connectivity index (χ2n) is 9.43. The van der Waals surface area contributed by atoms with Crippen molar-refractivity contribution in [1.82, 2.24) is 15.0 Å². The van der Waals surface area contributed by atoms with Crippen LogP contribution in [-0.4, -0.2) is 63.0 Å². The Labute approximate surface area is 250 Å². The lowest BCUT2D eigenvalue weighted by Crippen LogP contribution is -2.21. The predicted octanol–water partition coefficient (Wildman–Crippen LogP) is 6.82. The van der Waals surface area contributed by atoms with Gasteiger partial charge in [0, 0.05) is 78.4 Å². The predicted molar refractivity (Wildman–Crippen MR) is 170 cm³/mol. The van der Waals surface area contributed by atoms with Gasteiger partial charge in [0.1, 0.15) is 17.2 Å². The van der Waals surface area contributed by atoms with Gasteiger partial charge in [-0.05, 0) is 71.0 Å². The van der Waals surface area contributed by atoms with E-state index < -0.39 is 0 Å². The van der Waals surface area contributed by atoms with Crippen molar-refractivity contribution in [2.45, 2.75) is 34.6 Å². The number of benzene rings is 3. The van der Waals surface area contributed by atoms with E-state index in [0.29, 0.717) is 23.2 Å². The number of rotatable bonds is 11. The lowest BCUT2D eigenvalue weighted by atomic mass is 10.1. The minimum absolute atomic E-state index is 0.00861. The highest BCUT2D eigenvalue weighted by molar-refractivity contribution is 9.10. The van der Waals surface area contributed by atoms with Crippen LogP contribution in [0.3, 0.4) is 0 Å². The van der Waals surface area contributed by atoms with Crippen molar-refractivity contribution in [3.63, 3.8) is 0 Å². The highest BCUT2D eigenvalue weighted by Gasteiger charge is 2.20. The molecule has 3 aromatic carbocycles. The maximum atomic E-state index is 11.1. The number of aromatic hydroxyl groups is 3. The molecule has 0 fully saturated rings. The van der Waals surface area contributed by atoms with Gasteiger partial charge < -0.3 is 29.0 Å². The van der Waals surface area contributed by atoms with Gasteiger partial charge in [-0.15, -0.1) is 0 Å². The summed E-state index contributed by atoms with van der Waals surface area (Å²) in [6.07, 6.45) is 0. The Hall–Kier alpha value is -4.05. The molecule has 4 aromatic rings. The van der Waals surface area contributed by atoms with Crippen molar-refractivity contribution in [2.75, 3.05) is 46.4 Å². The van der Waals surface area contributed by atoms with E-state index in [-0.39, 0.29) is 34.7 Å². The fourth-order valence-corrected chi connectivity index (χ4v) is 4.99. The minimum atomic E-state index is -0.00861. The number of halogens is 1. The van der Waals surface area contributed by atoms with Crippen molar-refractivity contribution in [3.8, 4) is 51.4 Å². The highest BCUT2D eigenvalue weighted by Crippen LogP contribution is 2.38. The molecule has 0 spiro atoms. The molecule has 0 aliphatic carbocycles. The molecule has 10 heteroatoms. The van der Waals surface area contributed by atoms with E-state index in [0.717, 1.165) is 43.2 Å². The van der Waals surface area contributed by atoms with Crippen LogP contribution in [0.2, 0.25) is 0 Å². The zero-order valence-electron chi connectivity index (χ0n) is 24.1. The summed E-state index contributed by atoms with van der Waals surface area (Å²) in [5, 5.41) is 33.1. The molecule has 4 rings (SSSR count). The average Bonchev–Trinajstić information content (AvgIpc) is 2.98. The summed E-state index contributed by atoms with van der Waals surface area (Å²) in [5.74, 6) is 0.698. The topological polar surface area (TPSA) is 109 Å². The molecule has 9 nitrogen and oxygen atoms in total. The second kappa shape index (κ2) is 13.1. The van der Waals surface area contributed by atoms with E-state index in [4.69, 9.17) is 0 Å². The standard InChI is InChI=1S/C31H37BrN6O3/c1-6-36(7-2)20-11-14-23(26(39)17-20)29-33-30(24-15-12-21(18-27(24)40)37(8-3)9-4)35-31(34-29)25-16-13-22(19-28(25)41)38(32)10-5/h11-19,39-41H,6-10H2,1-5H3. The third kappa shape index (κ3) is 6.32. The lowest BCUT2D eigenvalue weighted by Gasteiger charge is -2.22. The number of hydrogen-bond acceptors (Lipinski definition) is 9. The van der Waals surface area contributed by atoms with Crippen LogP contribution in [0, 0.1) is 0 Å². The molecule has 0 amide bonds. The Kier molecular flexibility index (Phi) is 9.54. The Balaban J connectivity index is 1.89. The zero-order chi connectivity index (χ0) is 29.7. The molecule has 1 heterocycles. The van der Waals surface area contributed by atoms with E-state index >= 15 is 0 Å². The maximum Gasteiger partial charge on any atom is 0.167 e. The van der Waals surface area contributed by atoms with Gasteiger partial charge in [-0.3, -0.25) is 0 Å². The molecule has 41 heavy (non-hydrogen) atoms. The number of aromatic nitrogens is 3. The van der Waals surface area contributed by atoms with E-state index in [1.807, 2.05) is 29.0 Å². The Morgan fingerprint density at radius 3 is 1.12 bits per heavy atom. The molecule has 0 radical (unpaired) electrons. The number of phenols is 3. The van der Waals surface area contributed by atoms with Crippen molar-refractivity contribution in [1.29, 1.82) is 0 Å². The molecule has 3 N–H and O–H groups in total. The summed E-state index contributed by atoms with van der Waals surface area (Å²) < 4.78 is 1.83. The normalized spacial score (nSPS) is 11.0. The van der Waals surface area contributed by atoms with Gasteiger partial charge in [0.2, 0.25) is 0 Å². The number of anilines is 3. The molecule has 0 saturated carbocycles. The van der Waals surface area contributed by atoms with Gasteiger partial charge >= 0.3 is 0 Å². The van der Waals surface area contributed by atoms with Crippen molar-refractivity contribution in [2.24, 2.45) is 0 Å². The Morgan fingerprint density at radius 1 is 0.512 bits per heavy atom. The number of hydrogen-bond donors (Lipinski definition) is 3. The first kappa shape index (κ1) is 29.9. The Bertz CT molecular complexity index is 1430. The summed E-state index contributed by atoms with van der Waals surface area (Å²) in [6.45, 7) is 14.1. The fraction of sp³-hybridized carbons (Fsp3) is 0.323. The molecule has 0 unspecified atom stereocenters. The number of phenolic OH excluding ortho intramolecular Hbond substituents is 3. The summed E-state index contributed by atoms with van der Waals surface area (Å²) in [4.78, 5) is 18.3. The third-order valence-corrected chi connectivity index (χ3v) is 8.03. The highest BCUT2D eigenvalue weighted by atomic mass is 79.9. The molecule has 0 atom stereocenters. The van der Waals surface area contributed by atoms with E-state index in [2.05, 4.69) is 68.6 Å². The molecule has 0 aliphatic heterocycles. The molecule has 1 aromatic heterocycles. The zero-order valence-corrected chi connectivity index (χ0v) is 25.7. The monoisotopic (exact) mass is 620 g/mol. The number of nitrogens with zero attached hydrogens (tertiary/aromatic N) is 6. The largest absolute Gasteiger partial charge is 0.507 e. The summed E-state index contributed by atoms with van der Waals surface area (Å²) in [5.41, 5.74) is 3.78. The van der Waals surface area contributed by atoms with Gasteiger partial charge in [-0.25, -0.2) is 15.0 Å². The quantitative estimate of drug-likeness (QED) is 0.156. The van der Waals surface area contributed by atoms with Gasteiger partial charge in [0.15, 0.2) is 17.5 Å². The summed E-state index contributed by atoms with van der Waals surface area (Å²) >= 11 is 3.47. The summed E-state index contributed by atoms with van der Waals surface area (Å²) in [7, 11) is 0. The SMILES string of the molecule is CCN(Br)c1ccc(-c2nc(-c3ccc(N(CC)CC)cc3O)nc(-c3ccc(N(CC)CC)cc3O)n2)c(O)c1. The minimum Gasteiger partial charge on any atom is -0.507 e. The van der Waals surface area contributed by atoms with Gasteiger partial charge in [-0.1, -0.05) is 0 Å². The van der Waals surface area contributed by atoms with Crippen LogP contribution in [0.25, 0.3) is 34.2 Å². The molecule has 216 valence electrons. The first-order valence-corrected chi connectivity index (χ1v) is 14.6. The van der Waals surface area contributed by atoms with Crippen LogP contribution >= 0.6 is 16.1 Å². The van der Waals surface area contributed by atoms with Crippen LogP contribution < -0.4 is 13.7 Å². The van der Waals surface area contributed by atoms with Gasteiger partial charge in [-0.2, -0.15) is 0 Å². The second-order valence-corrected chi connectivity index (χ2v) is 10.3. The first-order valence-electron chi connectivity index (χ1n) is 13.9. The smallest absolute Gasteiger partial charge is 0.167 e. The molecular formula is C31H37BrN6O3. The van der Waals surface area contributed by atoms with Crippen molar-refractivity contribution < 1.29 is 15.3 Å². The van der Waals surface area contributed by atoms with Gasteiger partial charge in [0.25, 0.3) is 0 Å². The average molecular weight is 622 g/mol. The van der Waals surface area contributed by atoms with Crippen molar-refractivity contribution >= 4 is 33.2 Å². The lowest BCUT2D eigenvalue weighted by molar-refractivity contribution is 0.476. The van der Waals surface area contributed by atoms with E-state index in [1.54, 1.807) is 36.4 Å². The molecule has 0 aliphatic rings. The van der Waals surface area contributed by atoms with Crippen LogP contribution in [-0.2, 0) is 0 Å². The van der Waals surface area contributed by atoms with Gasteiger partial charge in [0.05, 0.1) is 22.4 Å².